The number of methoxy groups -OCH3 is 2. The molecule has 0 spiro atoms. The summed E-state index contributed by atoms with van der Waals surface area (Å²) in [5, 5.41) is 9.50. The summed E-state index contributed by atoms with van der Waals surface area (Å²) in [6.07, 6.45) is 4.75. The van der Waals surface area contributed by atoms with Crippen molar-refractivity contribution in [1.29, 1.82) is 0 Å². The summed E-state index contributed by atoms with van der Waals surface area (Å²) in [5.74, 6) is -0.704. The maximum atomic E-state index is 13.8. The van der Waals surface area contributed by atoms with Crippen molar-refractivity contribution in [2.45, 2.75) is 24.9 Å². The number of carbonyl (C=O) groups excluding carboxylic acids is 4. The Morgan fingerprint density at radius 2 is 0.946 bits per heavy atom. The van der Waals surface area contributed by atoms with Crippen LogP contribution in [-0.4, -0.2) is 96.5 Å². The van der Waals surface area contributed by atoms with E-state index in [0.717, 1.165) is 21.9 Å². The predicted molar refractivity (Wildman–Crippen MR) is 283 cm³/mol. The lowest BCUT2D eigenvalue weighted by molar-refractivity contribution is -0.167. The van der Waals surface area contributed by atoms with Gasteiger partial charge in [-0.05, 0) is 108 Å². The minimum absolute atomic E-state index is 0.120. The number of thiophene rings is 2. The molecule has 74 heavy (non-hydrogen) atoms. The Bertz CT molecular complexity index is 2780. The van der Waals surface area contributed by atoms with Crippen LogP contribution < -0.4 is 52.5 Å². The zero-order chi connectivity index (χ0) is 52.1. The average molecular weight is 1040 g/mol. The molecular formula is C52H54N10O10S2. The topological polar surface area (TPSA) is 265 Å². The van der Waals surface area contributed by atoms with Crippen molar-refractivity contribution >= 4 is 80.6 Å². The number of ether oxygens (including phenoxy) is 6. The quantitative estimate of drug-likeness (QED) is 0.0233. The first kappa shape index (κ1) is 51.3. The van der Waals surface area contributed by atoms with Gasteiger partial charge < -0.3 is 81.6 Å². The van der Waals surface area contributed by atoms with Gasteiger partial charge in [-0.1, -0.05) is 12.1 Å². The van der Waals surface area contributed by atoms with E-state index in [2.05, 4.69) is 10.6 Å². The molecule has 10 N–H and O–H groups in total. The second-order valence-corrected chi connectivity index (χ2v) is 18.5. The molecule has 2 amide bonds. The summed E-state index contributed by atoms with van der Waals surface area (Å²) < 4.78 is 35.4. The van der Waals surface area contributed by atoms with E-state index in [4.69, 9.17) is 51.4 Å². The Morgan fingerprint density at radius 1 is 0.554 bits per heavy atom. The second kappa shape index (κ2) is 23.9. The van der Waals surface area contributed by atoms with Crippen molar-refractivity contribution in [3.8, 4) is 23.0 Å². The van der Waals surface area contributed by atoms with Crippen LogP contribution in [0.4, 0.5) is 34.1 Å². The van der Waals surface area contributed by atoms with Gasteiger partial charge in [0, 0.05) is 69.5 Å². The summed E-state index contributed by atoms with van der Waals surface area (Å²) in [5.41, 5.74) is 27.1. The summed E-state index contributed by atoms with van der Waals surface area (Å²) in [4.78, 5) is 62.7. The molecule has 0 fully saturated rings. The first-order chi connectivity index (χ1) is 35.8. The maximum absolute atomic E-state index is 13.8. The Hall–Kier alpha value is -9.02. The highest BCUT2D eigenvalue weighted by Gasteiger charge is 2.36. The van der Waals surface area contributed by atoms with Gasteiger partial charge >= 0.3 is 11.9 Å². The van der Waals surface area contributed by atoms with Crippen LogP contribution in [0.5, 0.6) is 23.0 Å². The number of hydrogen-bond acceptors (Lipinski definition) is 20. The van der Waals surface area contributed by atoms with Gasteiger partial charge in [-0.2, -0.15) is 0 Å². The van der Waals surface area contributed by atoms with Crippen molar-refractivity contribution in [2.75, 3.05) is 74.0 Å². The van der Waals surface area contributed by atoms with Gasteiger partial charge in [0.25, 0.3) is 12.7 Å². The van der Waals surface area contributed by atoms with Crippen LogP contribution in [0.3, 0.4) is 0 Å². The number of hydrogen-bond donors (Lipinski definition) is 6. The molecule has 0 aliphatic carbocycles. The van der Waals surface area contributed by atoms with E-state index in [9.17, 15) is 19.2 Å². The third kappa shape index (κ3) is 13.5. The minimum Gasteiger partial charge on any atom is -0.497 e. The number of nitrogens with zero attached hydrogens (tertiary/aromatic N) is 4. The number of rotatable bonds is 22. The fourth-order valence-electron chi connectivity index (χ4n) is 7.71. The van der Waals surface area contributed by atoms with E-state index in [1.807, 2.05) is 35.0 Å². The Labute approximate surface area is 434 Å². The second-order valence-electron chi connectivity index (χ2n) is 16.6. The summed E-state index contributed by atoms with van der Waals surface area (Å²) in [7, 11) is 3.09. The van der Waals surface area contributed by atoms with Gasteiger partial charge in [-0.3, -0.25) is 9.59 Å². The SMILES string of the molecule is COc1ccc(NC(=O)CN2C=CN(CC(Oc3ccc(N)cc3N)c3cccs3)C2OC(=O)/C=C\C(=O)OC2N(CC(=O)Nc3ccc(OC)cc3)C=CN2CC(Oc2ccc(N)cc2N)c2cccs2)cc1. The molecule has 384 valence electrons. The van der Waals surface area contributed by atoms with Crippen molar-refractivity contribution < 1.29 is 47.6 Å². The predicted octanol–water partition coefficient (Wildman–Crippen LogP) is 6.76. The van der Waals surface area contributed by atoms with E-state index >= 15 is 0 Å². The monoisotopic (exact) mass is 1040 g/mol. The molecule has 0 radical (unpaired) electrons. The molecular weight excluding hydrogens is 989 g/mol. The summed E-state index contributed by atoms with van der Waals surface area (Å²) in [6.45, 7) is -0.249. The van der Waals surface area contributed by atoms with Crippen molar-refractivity contribution in [3.05, 3.63) is 167 Å². The molecule has 2 aromatic heterocycles. The molecule has 0 bridgehead atoms. The van der Waals surface area contributed by atoms with E-state index < -0.39 is 48.7 Å². The van der Waals surface area contributed by atoms with Crippen molar-refractivity contribution in [1.82, 2.24) is 19.6 Å². The lowest BCUT2D eigenvalue weighted by atomic mass is 10.2. The largest absolute Gasteiger partial charge is 0.497 e. The van der Waals surface area contributed by atoms with Crippen LogP contribution in [0.15, 0.2) is 157 Å². The normalized spacial score (nSPS) is 15.7. The zero-order valence-corrected chi connectivity index (χ0v) is 41.8. The number of nitrogens with two attached hydrogens (primary N) is 4. The number of anilines is 6. The van der Waals surface area contributed by atoms with Crippen LogP contribution in [0.25, 0.3) is 0 Å². The maximum Gasteiger partial charge on any atom is 0.334 e. The fourth-order valence-corrected chi connectivity index (χ4v) is 9.21. The van der Waals surface area contributed by atoms with Crippen molar-refractivity contribution in [2.24, 2.45) is 0 Å². The molecule has 6 aromatic rings. The molecule has 22 heteroatoms. The highest BCUT2D eigenvalue weighted by atomic mass is 32.1. The molecule has 4 heterocycles. The standard InChI is InChI=1S/C52H54N10O10S2/c1-67-37-13-9-35(10-14-37)57-47(63)31-61-23-21-59(29-43(45-5-3-25-73-45)69-41-17-7-33(53)27-39(41)55)51(61)71-49(65)19-20-50(66)72-52-60(22-24-62(52)32-48(64)58-36-11-15-38(68-2)16-12-36)30-44(46-6-4-26-74-46)70-42-18-8-34(54)28-40(42)56/h3-28,43-44,51-52H,29-32,53-56H2,1-2H3,(H,57,63)(H,58,64)/b20-19-. The average Bonchev–Trinajstić information content (AvgIpc) is 4.24. The van der Waals surface area contributed by atoms with Gasteiger partial charge in [-0.25, -0.2) is 9.59 Å². The van der Waals surface area contributed by atoms with Crippen LogP contribution >= 0.6 is 22.7 Å². The van der Waals surface area contributed by atoms with E-state index in [1.54, 1.807) is 134 Å². The van der Waals surface area contributed by atoms with Gasteiger partial charge in [0.2, 0.25) is 11.8 Å². The van der Waals surface area contributed by atoms with E-state index in [0.29, 0.717) is 57.1 Å². The number of nitrogens with one attached hydrogen (secondary N) is 2. The molecule has 2 aliphatic heterocycles. The Morgan fingerprint density at radius 3 is 1.30 bits per heavy atom. The van der Waals surface area contributed by atoms with Gasteiger partial charge in [-0.15, -0.1) is 22.7 Å². The zero-order valence-electron chi connectivity index (χ0n) is 40.1. The molecule has 2 aliphatic rings. The van der Waals surface area contributed by atoms with E-state index in [1.165, 1.54) is 32.5 Å². The number of benzene rings is 4. The summed E-state index contributed by atoms with van der Waals surface area (Å²) in [6, 6.07) is 31.1. The third-order valence-electron chi connectivity index (χ3n) is 11.3. The highest BCUT2D eigenvalue weighted by molar-refractivity contribution is 7.10. The van der Waals surface area contributed by atoms with E-state index in [-0.39, 0.29) is 26.2 Å². The highest BCUT2D eigenvalue weighted by Crippen LogP contribution is 2.35. The first-order valence-corrected chi connectivity index (χ1v) is 24.6. The van der Waals surface area contributed by atoms with Crippen LogP contribution in [-0.2, 0) is 28.7 Å². The number of carbonyl (C=O) groups is 4. The lowest BCUT2D eigenvalue weighted by Crippen LogP contribution is -2.46. The van der Waals surface area contributed by atoms with Crippen LogP contribution in [0, 0.1) is 0 Å². The molecule has 0 saturated carbocycles. The van der Waals surface area contributed by atoms with Crippen LogP contribution in [0.1, 0.15) is 22.0 Å². The molecule has 0 saturated heterocycles. The van der Waals surface area contributed by atoms with Gasteiger partial charge in [0.1, 0.15) is 36.1 Å². The summed E-state index contributed by atoms with van der Waals surface area (Å²) >= 11 is 2.91. The minimum atomic E-state index is -1.20. The molecule has 4 unspecified atom stereocenters. The lowest BCUT2D eigenvalue weighted by Gasteiger charge is -2.33. The van der Waals surface area contributed by atoms with Gasteiger partial charge in [0.15, 0.2) is 12.2 Å². The fraction of sp³-hybridized carbons (Fsp3) is 0.192. The third-order valence-corrected chi connectivity index (χ3v) is 13.2. The number of nitrogen functional groups attached to an aromatic ring is 4. The molecule has 4 aromatic carbocycles. The molecule has 8 rings (SSSR count). The molecule has 20 nitrogen and oxygen atoms in total. The van der Waals surface area contributed by atoms with Gasteiger partial charge in [0.05, 0.1) is 38.7 Å². The first-order valence-electron chi connectivity index (χ1n) is 22.9. The molecule has 4 atom stereocenters. The smallest absolute Gasteiger partial charge is 0.334 e. The number of esters is 2. The van der Waals surface area contributed by atoms with Crippen molar-refractivity contribution in [3.63, 3.8) is 0 Å². The number of amides is 2. The Balaban J connectivity index is 0.998. The van der Waals surface area contributed by atoms with Crippen LogP contribution in [0.2, 0.25) is 0 Å². The Kier molecular flexibility index (Phi) is 16.6.